The van der Waals surface area contributed by atoms with Gasteiger partial charge < -0.3 is 19.1 Å². The Labute approximate surface area is 313 Å². The van der Waals surface area contributed by atoms with E-state index in [9.17, 15) is 0 Å². The number of hydrogen-bond acceptors (Lipinski definition) is 4. The second kappa shape index (κ2) is 9.99. The van der Waals surface area contributed by atoms with E-state index in [2.05, 4.69) is 152 Å². The van der Waals surface area contributed by atoms with E-state index in [4.69, 9.17) is 4.42 Å². The summed E-state index contributed by atoms with van der Waals surface area (Å²) < 4.78 is 7.22. The lowest BCUT2D eigenvalue weighted by atomic mass is 9.35. The minimum absolute atomic E-state index is 0.0247. The maximum absolute atomic E-state index is 7.22. The summed E-state index contributed by atoms with van der Waals surface area (Å²) >= 11 is 0. The van der Waals surface area contributed by atoms with Crippen molar-refractivity contribution in [3.8, 4) is 0 Å². The third-order valence-electron chi connectivity index (χ3n) is 15.7. The van der Waals surface area contributed by atoms with Gasteiger partial charge in [-0.3, -0.25) is 0 Å². The van der Waals surface area contributed by atoms with E-state index in [1.54, 1.807) is 11.1 Å². The van der Waals surface area contributed by atoms with Gasteiger partial charge in [-0.25, -0.2) is 0 Å². The van der Waals surface area contributed by atoms with E-state index in [1.165, 1.54) is 107 Å². The van der Waals surface area contributed by atoms with Crippen LogP contribution in [-0.2, 0) is 10.8 Å². The number of fused-ring (bicyclic) bond motifs is 14. The second-order valence-electron chi connectivity index (χ2n) is 17.9. The predicted molar refractivity (Wildman–Crippen MR) is 221 cm³/mol. The van der Waals surface area contributed by atoms with E-state index in [0.717, 1.165) is 11.2 Å². The van der Waals surface area contributed by atoms with Crippen molar-refractivity contribution in [3.05, 3.63) is 120 Å². The topological polar surface area (TPSA) is 22.9 Å². The van der Waals surface area contributed by atoms with Gasteiger partial charge in [-0.15, -0.1) is 0 Å². The van der Waals surface area contributed by atoms with Crippen LogP contribution in [0.1, 0.15) is 90.2 Å². The molecule has 0 radical (unpaired) electrons. The molecule has 2 saturated carbocycles. The number of benzene rings is 5. The highest BCUT2D eigenvalue weighted by Crippen LogP contribution is 2.68. The predicted octanol–water partition coefficient (Wildman–Crippen LogP) is 10.5. The first-order chi connectivity index (χ1) is 25.8. The molecule has 262 valence electrons. The lowest BCUT2D eigenvalue weighted by Gasteiger charge is -2.53. The van der Waals surface area contributed by atoms with Crippen LogP contribution in [0.4, 0.5) is 39.8 Å². The van der Waals surface area contributed by atoms with E-state index >= 15 is 0 Å². The van der Waals surface area contributed by atoms with E-state index in [0.29, 0.717) is 0 Å². The maximum atomic E-state index is 7.22. The fourth-order valence-electron chi connectivity index (χ4n) is 12.7. The van der Waals surface area contributed by atoms with Crippen LogP contribution in [0.25, 0.3) is 11.0 Å². The summed E-state index contributed by atoms with van der Waals surface area (Å²) in [5.74, 6) is 0. The fourth-order valence-corrected chi connectivity index (χ4v) is 12.7. The molecular weight excluding hydrogens is 645 g/mol. The summed E-state index contributed by atoms with van der Waals surface area (Å²) in [4.78, 5) is 8.14. The van der Waals surface area contributed by atoms with Crippen molar-refractivity contribution in [3.63, 3.8) is 0 Å². The highest BCUT2D eigenvalue weighted by atomic mass is 16.3. The van der Waals surface area contributed by atoms with E-state index in [-0.39, 0.29) is 28.6 Å². The average Bonchev–Trinajstić information content (AvgIpc) is 3.74. The van der Waals surface area contributed by atoms with Crippen LogP contribution in [0.15, 0.2) is 114 Å². The summed E-state index contributed by atoms with van der Waals surface area (Å²) in [5, 5.41) is 1.25. The number of hydrogen-bond donors (Lipinski definition) is 0. The molecule has 6 aromatic rings. The molecule has 4 aliphatic heterocycles. The first-order valence-electron chi connectivity index (χ1n) is 20.2. The number of furan rings is 1. The molecule has 0 saturated heterocycles. The Kier molecular flexibility index (Phi) is 5.76. The van der Waals surface area contributed by atoms with Crippen molar-refractivity contribution < 1.29 is 4.42 Å². The van der Waals surface area contributed by atoms with Gasteiger partial charge in [0, 0.05) is 50.3 Å². The molecule has 0 bridgehead atoms. The fraction of sp³-hybridized carbons (Fsp3) is 0.333. The molecule has 2 fully saturated rings. The molecule has 4 nitrogen and oxygen atoms in total. The van der Waals surface area contributed by atoms with Crippen LogP contribution >= 0.6 is 0 Å². The first kappa shape index (κ1) is 30.6. The van der Waals surface area contributed by atoms with Crippen molar-refractivity contribution in [2.45, 2.75) is 101 Å². The van der Waals surface area contributed by atoms with Gasteiger partial charge in [-0.05, 0) is 110 Å². The van der Waals surface area contributed by atoms with Crippen molar-refractivity contribution in [1.29, 1.82) is 0 Å². The SMILES string of the molecule is CC12CCCCC1(C)N1c3cc(N(c4ccccc4)c4ccccc4)ccc3B3c4oc5ccccc5c4N4c5c(cc2c1c53)C1(C)CCCCC41C. The largest absolute Gasteiger partial charge is 0.468 e. The number of anilines is 7. The van der Waals surface area contributed by atoms with Crippen LogP contribution in [0.3, 0.4) is 0 Å². The minimum Gasteiger partial charge on any atom is -0.468 e. The molecule has 5 aromatic carbocycles. The highest BCUT2D eigenvalue weighted by Gasteiger charge is 2.67. The summed E-state index contributed by atoms with van der Waals surface area (Å²) in [5.41, 5.74) is 17.4. The molecule has 1 aromatic heterocycles. The number of rotatable bonds is 3. The highest BCUT2D eigenvalue weighted by molar-refractivity contribution is 7.00. The van der Waals surface area contributed by atoms with Gasteiger partial charge in [0.1, 0.15) is 5.58 Å². The Morgan fingerprint density at radius 1 is 0.566 bits per heavy atom. The number of nitrogens with zero attached hydrogens (tertiary/aromatic N) is 3. The molecule has 5 heterocycles. The van der Waals surface area contributed by atoms with Crippen molar-refractivity contribution in [2.24, 2.45) is 0 Å². The van der Waals surface area contributed by atoms with E-state index in [1.807, 2.05) is 0 Å². The Bertz CT molecular complexity index is 2490. The van der Waals surface area contributed by atoms with Gasteiger partial charge in [-0.1, -0.05) is 100 Å². The van der Waals surface area contributed by atoms with Crippen molar-refractivity contribution >= 4 is 74.1 Å². The summed E-state index contributed by atoms with van der Waals surface area (Å²) in [6, 6.07) is 40.7. The molecule has 4 atom stereocenters. The summed E-state index contributed by atoms with van der Waals surface area (Å²) in [6.45, 7) is 10.5. The molecule has 5 heteroatoms. The Morgan fingerprint density at radius 3 is 1.79 bits per heavy atom. The zero-order valence-electron chi connectivity index (χ0n) is 31.4. The van der Waals surface area contributed by atoms with Crippen molar-refractivity contribution in [2.75, 3.05) is 14.7 Å². The zero-order valence-corrected chi connectivity index (χ0v) is 31.4. The van der Waals surface area contributed by atoms with Gasteiger partial charge in [0.2, 0.25) is 0 Å². The van der Waals surface area contributed by atoms with Crippen LogP contribution in [-0.4, -0.2) is 17.8 Å². The molecule has 2 aliphatic carbocycles. The van der Waals surface area contributed by atoms with Gasteiger partial charge in [-0.2, -0.15) is 0 Å². The Balaban J connectivity index is 1.20. The second-order valence-corrected chi connectivity index (χ2v) is 17.9. The summed E-state index contributed by atoms with van der Waals surface area (Å²) in [7, 11) is 0. The molecule has 0 amide bonds. The van der Waals surface area contributed by atoms with Crippen LogP contribution < -0.4 is 31.3 Å². The van der Waals surface area contributed by atoms with E-state index < -0.39 is 0 Å². The monoisotopic (exact) mass is 691 g/mol. The molecule has 0 spiro atoms. The third-order valence-corrected chi connectivity index (χ3v) is 15.7. The van der Waals surface area contributed by atoms with Gasteiger partial charge >= 0.3 is 0 Å². The quantitative estimate of drug-likeness (QED) is 0.172. The van der Waals surface area contributed by atoms with Gasteiger partial charge in [0.15, 0.2) is 0 Å². The molecular formula is C48H46BN3O. The first-order valence-corrected chi connectivity index (χ1v) is 20.2. The van der Waals surface area contributed by atoms with Crippen molar-refractivity contribution in [1.82, 2.24) is 0 Å². The normalized spacial score (nSPS) is 28.3. The minimum atomic E-state index is -0.0440. The molecule has 12 rings (SSSR count). The van der Waals surface area contributed by atoms with Gasteiger partial charge in [0.25, 0.3) is 6.71 Å². The Morgan fingerprint density at radius 2 is 1.13 bits per heavy atom. The molecule has 4 unspecified atom stereocenters. The maximum Gasteiger partial charge on any atom is 0.297 e. The average molecular weight is 692 g/mol. The molecule has 0 N–H and O–H groups in total. The number of para-hydroxylation sites is 3. The third kappa shape index (κ3) is 3.43. The standard InChI is InChI=1S/C48H46BN3O/c1-45-25-13-15-27-47(45,3)51-38-29-33(50(31-17-7-5-8-18-31)32-19-9-6-10-20-32)23-24-37(38)49-40-42(51)35(45)30-36-43(40)52(48(4)28-16-14-26-46(36,48)2)41-34-21-11-12-22-39(34)53-44(41)49/h5-12,17-24,29-30H,13-16,25-28H2,1-4H3. The molecule has 6 aliphatic rings. The smallest absolute Gasteiger partial charge is 0.297 e. The lowest BCUT2D eigenvalue weighted by molar-refractivity contribution is 0.190. The van der Waals surface area contributed by atoms with Crippen LogP contribution in [0, 0.1) is 0 Å². The van der Waals surface area contributed by atoms with Crippen LogP contribution in [0.5, 0.6) is 0 Å². The van der Waals surface area contributed by atoms with Gasteiger partial charge in [0.05, 0.1) is 22.4 Å². The lowest BCUT2D eigenvalue weighted by Crippen LogP contribution is -2.66. The van der Waals surface area contributed by atoms with Crippen LogP contribution in [0.2, 0.25) is 0 Å². The molecule has 53 heavy (non-hydrogen) atoms. The zero-order chi connectivity index (χ0) is 35.5. The summed E-state index contributed by atoms with van der Waals surface area (Å²) in [6.07, 6.45) is 9.94. The Hall–Kier alpha value is -4.90.